The summed E-state index contributed by atoms with van der Waals surface area (Å²) in [6.45, 7) is 5.22. The van der Waals surface area contributed by atoms with E-state index < -0.39 is 11.6 Å². The number of hydrogen-bond acceptors (Lipinski definition) is 6. The quantitative estimate of drug-likeness (QED) is 0.828. The first-order valence-corrected chi connectivity index (χ1v) is 8.04. The van der Waals surface area contributed by atoms with E-state index in [4.69, 9.17) is 4.74 Å². The van der Waals surface area contributed by atoms with Gasteiger partial charge in [-0.2, -0.15) is 0 Å². The molecule has 2 N–H and O–H groups in total. The molecule has 1 fully saturated rings. The van der Waals surface area contributed by atoms with Crippen LogP contribution in [-0.2, 0) is 16.0 Å². The highest BCUT2D eigenvalue weighted by atomic mass is 16.5. The van der Waals surface area contributed by atoms with Crippen LogP contribution < -0.4 is 4.90 Å². The Labute approximate surface area is 134 Å². The topological polar surface area (TPSA) is 91.3 Å². The number of fused-ring (bicyclic) bond motifs is 1. The molecule has 124 valence electrons. The molecule has 0 unspecified atom stereocenters. The van der Waals surface area contributed by atoms with Crippen LogP contribution in [0.3, 0.4) is 0 Å². The Morgan fingerprint density at radius 2 is 2.13 bits per heavy atom. The molecular weight excluding hydrogens is 296 g/mol. The molecule has 0 saturated carbocycles. The van der Waals surface area contributed by atoms with Crippen molar-refractivity contribution in [3.05, 3.63) is 18.1 Å². The lowest BCUT2D eigenvalue weighted by Crippen LogP contribution is -2.50. The molecule has 3 heterocycles. The summed E-state index contributed by atoms with van der Waals surface area (Å²) >= 11 is 0. The number of ether oxygens (including phenoxy) is 1. The average Bonchev–Trinajstić information content (AvgIpc) is 2.99. The first kappa shape index (κ1) is 15.7. The van der Waals surface area contributed by atoms with E-state index in [2.05, 4.69) is 26.8 Å². The van der Waals surface area contributed by atoms with Crippen LogP contribution in [0, 0.1) is 0 Å². The van der Waals surface area contributed by atoms with Gasteiger partial charge in [0.15, 0.2) is 5.60 Å². The smallest absolute Gasteiger partial charge is 0.338 e. The summed E-state index contributed by atoms with van der Waals surface area (Å²) in [6.07, 6.45) is 5.06. The Balaban J connectivity index is 1.83. The first-order valence-electron chi connectivity index (χ1n) is 8.04. The molecule has 1 aliphatic heterocycles. The number of anilines is 1. The number of aryl methyl sites for hydroxylation is 1. The Morgan fingerprint density at radius 3 is 2.78 bits per heavy atom. The minimum Gasteiger partial charge on any atom is -0.464 e. The van der Waals surface area contributed by atoms with Gasteiger partial charge in [-0.25, -0.2) is 14.8 Å². The third-order valence-electron chi connectivity index (χ3n) is 4.46. The molecule has 0 radical (unpaired) electrons. The lowest BCUT2D eigenvalue weighted by atomic mass is 9.91. The number of carbonyl (C=O) groups is 1. The van der Waals surface area contributed by atoms with E-state index in [1.165, 1.54) is 5.56 Å². The Morgan fingerprint density at radius 1 is 1.39 bits per heavy atom. The highest BCUT2D eigenvalue weighted by Crippen LogP contribution is 2.31. The second kappa shape index (κ2) is 6.16. The van der Waals surface area contributed by atoms with Gasteiger partial charge in [-0.05, 0) is 18.9 Å². The van der Waals surface area contributed by atoms with Gasteiger partial charge in [0.2, 0.25) is 0 Å². The molecule has 0 spiro atoms. The first-order chi connectivity index (χ1) is 11.1. The molecular formula is C16H22N4O3. The van der Waals surface area contributed by atoms with Crippen LogP contribution in [0.1, 0.15) is 32.3 Å². The van der Waals surface area contributed by atoms with E-state index >= 15 is 0 Å². The largest absolute Gasteiger partial charge is 0.464 e. The summed E-state index contributed by atoms with van der Waals surface area (Å²) in [5, 5.41) is 11.5. The third-order valence-corrected chi connectivity index (χ3v) is 4.46. The minimum atomic E-state index is -1.38. The standard InChI is InChI=1S/C16H22N4O3/c1-3-11-9-17-13-12(11)14(19-10-18-13)20-7-5-16(22,6-8-20)15(21)23-4-2/h9-10,22H,3-8H2,1-2H3,(H,17,18,19). The fourth-order valence-electron chi connectivity index (χ4n) is 3.09. The summed E-state index contributed by atoms with van der Waals surface area (Å²) in [6, 6.07) is 0. The summed E-state index contributed by atoms with van der Waals surface area (Å²) in [5.41, 5.74) is 0.601. The molecule has 1 aliphatic rings. The molecule has 1 saturated heterocycles. The van der Waals surface area contributed by atoms with Crippen LogP contribution in [0.2, 0.25) is 0 Å². The molecule has 2 aromatic rings. The average molecular weight is 318 g/mol. The number of carbonyl (C=O) groups excluding carboxylic acids is 1. The van der Waals surface area contributed by atoms with Crippen molar-refractivity contribution in [1.82, 2.24) is 15.0 Å². The van der Waals surface area contributed by atoms with Crippen LogP contribution >= 0.6 is 0 Å². The van der Waals surface area contributed by atoms with E-state index in [9.17, 15) is 9.90 Å². The number of nitrogens with zero attached hydrogens (tertiary/aromatic N) is 3. The van der Waals surface area contributed by atoms with Gasteiger partial charge in [-0.3, -0.25) is 0 Å². The van der Waals surface area contributed by atoms with Crippen LogP contribution in [0.5, 0.6) is 0 Å². The maximum absolute atomic E-state index is 11.9. The monoisotopic (exact) mass is 318 g/mol. The summed E-state index contributed by atoms with van der Waals surface area (Å²) < 4.78 is 4.98. The zero-order valence-electron chi connectivity index (χ0n) is 13.5. The second-order valence-corrected chi connectivity index (χ2v) is 5.83. The highest BCUT2D eigenvalue weighted by molar-refractivity contribution is 5.91. The van der Waals surface area contributed by atoms with Gasteiger partial charge in [0.25, 0.3) is 0 Å². The number of aromatic nitrogens is 3. The number of aromatic amines is 1. The minimum absolute atomic E-state index is 0.278. The van der Waals surface area contributed by atoms with Crippen molar-refractivity contribution < 1.29 is 14.6 Å². The van der Waals surface area contributed by atoms with Crippen LogP contribution in [0.25, 0.3) is 11.0 Å². The fourth-order valence-corrected chi connectivity index (χ4v) is 3.09. The molecule has 0 bridgehead atoms. The van der Waals surface area contributed by atoms with Gasteiger partial charge in [0.1, 0.15) is 17.8 Å². The van der Waals surface area contributed by atoms with Crippen molar-refractivity contribution in [1.29, 1.82) is 0 Å². The third kappa shape index (κ3) is 2.76. The summed E-state index contributed by atoms with van der Waals surface area (Å²) in [5.74, 6) is 0.336. The van der Waals surface area contributed by atoms with Crippen molar-refractivity contribution in [2.45, 2.75) is 38.7 Å². The van der Waals surface area contributed by atoms with Gasteiger partial charge in [0, 0.05) is 32.1 Å². The molecule has 0 aliphatic carbocycles. The summed E-state index contributed by atoms with van der Waals surface area (Å²) in [4.78, 5) is 25.9. The number of rotatable bonds is 4. The number of nitrogens with one attached hydrogen (secondary N) is 1. The number of aliphatic hydroxyl groups is 1. The Hall–Kier alpha value is -2.15. The number of piperidine rings is 1. The molecule has 0 atom stereocenters. The maximum atomic E-state index is 11.9. The van der Waals surface area contributed by atoms with Gasteiger partial charge < -0.3 is 19.7 Å². The Bertz CT molecular complexity index is 704. The lowest BCUT2D eigenvalue weighted by Gasteiger charge is -2.37. The molecule has 0 aromatic carbocycles. The number of esters is 1. The van der Waals surface area contributed by atoms with E-state index in [1.807, 2.05) is 6.20 Å². The fraction of sp³-hybridized carbons (Fsp3) is 0.562. The normalized spacial score (nSPS) is 17.4. The summed E-state index contributed by atoms with van der Waals surface area (Å²) in [7, 11) is 0. The van der Waals surface area contributed by atoms with Gasteiger partial charge in [-0.1, -0.05) is 6.92 Å². The SMILES string of the molecule is CCOC(=O)C1(O)CCN(c2ncnc3[nH]cc(CC)c23)CC1. The zero-order valence-corrected chi connectivity index (χ0v) is 13.5. The molecule has 3 rings (SSSR count). The second-order valence-electron chi connectivity index (χ2n) is 5.83. The Kier molecular flexibility index (Phi) is 4.21. The predicted molar refractivity (Wildman–Crippen MR) is 86.3 cm³/mol. The highest BCUT2D eigenvalue weighted by Gasteiger charge is 2.41. The van der Waals surface area contributed by atoms with Crippen molar-refractivity contribution in [3.63, 3.8) is 0 Å². The van der Waals surface area contributed by atoms with E-state index in [-0.39, 0.29) is 6.61 Å². The molecule has 7 nitrogen and oxygen atoms in total. The van der Waals surface area contributed by atoms with E-state index in [0.717, 1.165) is 23.3 Å². The number of hydrogen-bond donors (Lipinski definition) is 2. The van der Waals surface area contributed by atoms with Crippen molar-refractivity contribution >= 4 is 22.8 Å². The molecule has 23 heavy (non-hydrogen) atoms. The van der Waals surface area contributed by atoms with E-state index in [0.29, 0.717) is 25.9 Å². The van der Waals surface area contributed by atoms with Crippen molar-refractivity contribution in [2.24, 2.45) is 0 Å². The van der Waals surface area contributed by atoms with Crippen LogP contribution in [-0.4, -0.2) is 51.3 Å². The maximum Gasteiger partial charge on any atom is 0.338 e. The van der Waals surface area contributed by atoms with Crippen LogP contribution in [0.15, 0.2) is 12.5 Å². The van der Waals surface area contributed by atoms with Gasteiger partial charge in [-0.15, -0.1) is 0 Å². The van der Waals surface area contributed by atoms with E-state index in [1.54, 1.807) is 13.3 Å². The molecule has 0 amide bonds. The van der Waals surface area contributed by atoms with Gasteiger partial charge >= 0.3 is 5.97 Å². The molecule has 7 heteroatoms. The number of H-pyrrole nitrogens is 1. The van der Waals surface area contributed by atoms with Crippen LogP contribution in [0.4, 0.5) is 5.82 Å². The lowest BCUT2D eigenvalue weighted by molar-refractivity contribution is -0.167. The van der Waals surface area contributed by atoms with Crippen molar-refractivity contribution in [3.8, 4) is 0 Å². The van der Waals surface area contributed by atoms with Crippen molar-refractivity contribution in [2.75, 3.05) is 24.6 Å². The zero-order chi connectivity index (χ0) is 16.4. The molecule has 2 aromatic heterocycles. The predicted octanol–water partition coefficient (Wildman–Crippen LogP) is 1.41. The van der Waals surface area contributed by atoms with Gasteiger partial charge in [0.05, 0.1) is 12.0 Å².